The average Bonchev–Trinajstić information content (AvgIpc) is 2.88. The highest BCUT2D eigenvalue weighted by Gasteiger charge is 2.51. The Balaban J connectivity index is 1.15. The summed E-state index contributed by atoms with van der Waals surface area (Å²) in [5.41, 5.74) is 3.89. The number of benzene rings is 3. The first-order chi connectivity index (χ1) is 17.8. The van der Waals surface area contributed by atoms with Gasteiger partial charge in [-0.1, -0.05) is 24.3 Å². The molecule has 0 unspecified atom stereocenters. The Morgan fingerprint density at radius 2 is 1.38 bits per heavy atom. The Hall–Kier alpha value is -3.32. The van der Waals surface area contributed by atoms with Crippen LogP contribution in [0.1, 0.15) is 54.4 Å². The maximum atomic E-state index is 13.1. The number of rotatable bonds is 7. The molecule has 37 heavy (non-hydrogen) atoms. The Kier molecular flexibility index (Phi) is 5.98. The molecule has 4 aliphatic carbocycles. The van der Waals surface area contributed by atoms with E-state index in [1.807, 2.05) is 18.2 Å². The largest absolute Gasteiger partial charge is 0.465 e. The molecular formula is C30H32N2O4S. The molecule has 6 nitrogen and oxygen atoms in total. The molecule has 0 saturated heterocycles. The van der Waals surface area contributed by atoms with Crippen LogP contribution in [-0.2, 0) is 20.2 Å². The maximum Gasteiger partial charge on any atom is 0.339 e. The topological polar surface area (TPSA) is 84.5 Å². The number of nitrogens with one attached hydrogen (secondary N) is 2. The maximum absolute atomic E-state index is 13.1. The number of para-hydroxylation sites is 1. The molecule has 192 valence electrons. The monoisotopic (exact) mass is 516 g/mol. The Morgan fingerprint density at radius 1 is 0.811 bits per heavy atom. The zero-order valence-electron chi connectivity index (χ0n) is 20.9. The third-order valence-corrected chi connectivity index (χ3v) is 9.96. The molecule has 4 aliphatic rings. The lowest BCUT2D eigenvalue weighted by atomic mass is 9.48. The molecule has 0 aromatic heterocycles. The lowest BCUT2D eigenvalue weighted by Crippen LogP contribution is -2.48. The number of ether oxygens (including phenoxy) is 1. The van der Waals surface area contributed by atoms with E-state index < -0.39 is 16.0 Å². The highest BCUT2D eigenvalue weighted by Crippen LogP contribution is 2.60. The van der Waals surface area contributed by atoms with E-state index in [1.165, 1.54) is 51.2 Å². The molecule has 7 rings (SSSR count). The van der Waals surface area contributed by atoms with Crippen LogP contribution in [-0.4, -0.2) is 21.5 Å². The van der Waals surface area contributed by atoms with E-state index in [1.54, 1.807) is 42.5 Å². The van der Waals surface area contributed by atoms with Gasteiger partial charge in [-0.15, -0.1) is 0 Å². The molecule has 2 N–H and O–H groups in total. The third kappa shape index (κ3) is 4.61. The summed E-state index contributed by atoms with van der Waals surface area (Å²) in [6.45, 7) is 0. The highest BCUT2D eigenvalue weighted by atomic mass is 32.2. The summed E-state index contributed by atoms with van der Waals surface area (Å²) in [6, 6.07) is 21.6. The average molecular weight is 517 g/mol. The van der Waals surface area contributed by atoms with Gasteiger partial charge in [0.05, 0.1) is 23.3 Å². The molecule has 4 fully saturated rings. The zero-order chi connectivity index (χ0) is 25.6. The third-order valence-electron chi connectivity index (χ3n) is 8.56. The van der Waals surface area contributed by atoms with Crippen LogP contribution in [0.5, 0.6) is 0 Å². The number of esters is 1. The molecule has 0 amide bonds. The van der Waals surface area contributed by atoms with Crippen LogP contribution < -0.4 is 10.0 Å². The van der Waals surface area contributed by atoms with Crippen LogP contribution in [0.4, 0.5) is 17.1 Å². The predicted molar refractivity (Wildman–Crippen MR) is 145 cm³/mol. The van der Waals surface area contributed by atoms with Crippen molar-refractivity contribution in [3.63, 3.8) is 0 Å². The molecule has 4 saturated carbocycles. The molecular weight excluding hydrogens is 484 g/mol. The predicted octanol–water partition coefficient (Wildman–Crippen LogP) is 6.49. The molecule has 0 aliphatic heterocycles. The summed E-state index contributed by atoms with van der Waals surface area (Å²) in [6.07, 6.45) is 8.08. The van der Waals surface area contributed by atoms with E-state index in [9.17, 15) is 13.2 Å². The lowest BCUT2D eigenvalue weighted by Gasteiger charge is -2.57. The van der Waals surface area contributed by atoms with Gasteiger partial charge < -0.3 is 10.1 Å². The van der Waals surface area contributed by atoms with Crippen LogP contribution in [0.25, 0.3) is 0 Å². The van der Waals surface area contributed by atoms with Gasteiger partial charge in [-0.3, -0.25) is 4.72 Å². The normalized spacial score (nSPS) is 26.0. The van der Waals surface area contributed by atoms with E-state index in [-0.39, 0.29) is 4.90 Å². The number of carbonyl (C=O) groups is 1. The van der Waals surface area contributed by atoms with Crippen molar-refractivity contribution in [3.05, 3.63) is 83.9 Å². The van der Waals surface area contributed by atoms with E-state index >= 15 is 0 Å². The van der Waals surface area contributed by atoms with Crippen LogP contribution in [0, 0.1) is 17.8 Å². The van der Waals surface area contributed by atoms with Crippen molar-refractivity contribution in [1.82, 2.24) is 0 Å². The van der Waals surface area contributed by atoms with Crippen molar-refractivity contribution in [1.29, 1.82) is 0 Å². The Labute approximate surface area is 218 Å². The fraction of sp³-hybridized carbons (Fsp3) is 0.367. The molecule has 0 radical (unpaired) electrons. The van der Waals surface area contributed by atoms with Crippen molar-refractivity contribution in [2.45, 2.75) is 48.8 Å². The number of anilines is 3. The molecule has 3 aromatic carbocycles. The van der Waals surface area contributed by atoms with Crippen LogP contribution >= 0.6 is 0 Å². The van der Waals surface area contributed by atoms with Gasteiger partial charge >= 0.3 is 5.97 Å². The van der Waals surface area contributed by atoms with E-state index in [0.717, 1.165) is 17.8 Å². The van der Waals surface area contributed by atoms with E-state index in [2.05, 4.69) is 22.2 Å². The van der Waals surface area contributed by atoms with Gasteiger partial charge in [0.15, 0.2) is 0 Å². The summed E-state index contributed by atoms with van der Waals surface area (Å²) < 4.78 is 33.7. The number of carbonyl (C=O) groups excluding carboxylic acids is 1. The quantitative estimate of drug-likeness (QED) is 0.351. The van der Waals surface area contributed by atoms with Gasteiger partial charge in [0.25, 0.3) is 10.0 Å². The van der Waals surface area contributed by atoms with Crippen molar-refractivity contribution in [2.75, 3.05) is 17.1 Å². The van der Waals surface area contributed by atoms with Crippen molar-refractivity contribution >= 4 is 33.1 Å². The smallest absolute Gasteiger partial charge is 0.339 e. The second kappa shape index (κ2) is 9.21. The molecule has 0 heterocycles. The SMILES string of the molecule is COC(=O)c1ccccc1Nc1ccc(S(=O)(=O)Nc2ccc(C34CC5CC(CC(C5)C3)C4)cc2)cc1. The molecule has 0 atom stereocenters. The van der Waals surface area contributed by atoms with E-state index in [4.69, 9.17) is 4.74 Å². The first-order valence-corrected chi connectivity index (χ1v) is 14.5. The summed E-state index contributed by atoms with van der Waals surface area (Å²) in [7, 11) is -2.40. The fourth-order valence-corrected chi connectivity index (χ4v) is 8.38. The molecule has 7 heteroatoms. The van der Waals surface area contributed by atoms with Crippen molar-refractivity contribution in [3.8, 4) is 0 Å². The van der Waals surface area contributed by atoms with Gasteiger partial charge in [-0.25, -0.2) is 13.2 Å². The van der Waals surface area contributed by atoms with Crippen LogP contribution in [0.2, 0.25) is 0 Å². The van der Waals surface area contributed by atoms with Crippen LogP contribution in [0.3, 0.4) is 0 Å². The number of methoxy groups -OCH3 is 1. The van der Waals surface area contributed by atoms with Crippen molar-refractivity contribution in [2.24, 2.45) is 17.8 Å². The first kappa shape index (κ1) is 24.0. The fourth-order valence-electron chi connectivity index (χ4n) is 7.32. The molecule has 0 spiro atoms. The summed E-state index contributed by atoms with van der Waals surface area (Å²) in [5, 5.41) is 3.16. The van der Waals surface area contributed by atoms with Gasteiger partial charge in [-0.05, 0) is 116 Å². The summed E-state index contributed by atoms with van der Waals surface area (Å²) in [4.78, 5) is 12.2. The zero-order valence-corrected chi connectivity index (χ0v) is 21.8. The number of hydrogen-bond donors (Lipinski definition) is 2. The second-order valence-corrected chi connectivity index (χ2v) is 12.7. The minimum Gasteiger partial charge on any atom is -0.465 e. The Bertz CT molecular complexity index is 1380. The van der Waals surface area contributed by atoms with Gasteiger partial charge in [0.1, 0.15) is 0 Å². The minimum atomic E-state index is -3.74. The van der Waals surface area contributed by atoms with Crippen LogP contribution in [0.15, 0.2) is 77.7 Å². The van der Waals surface area contributed by atoms with Gasteiger partial charge in [0, 0.05) is 11.4 Å². The number of hydrogen-bond acceptors (Lipinski definition) is 5. The minimum absolute atomic E-state index is 0.171. The second-order valence-electron chi connectivity index (χ2n) is 11.1. The van der Waals surface area contributed by atoms with Crippen molar-refractivity contribution < 1.29 is 17.9 Å². The lowest BCUT2D eigenvalue weighted by molar-refractivity contribution is -0.00518. The van der Waals surface area contributed by atoms with Gasteiger partial charge in [-0.2, -0.15) is 0 Å². The standard InChI is InChI=1S/C30H32N2O4S/c1-36-29(33)27-4-2-3-5-28(27)31-24-10-12-26(13-11-24)37(34,35)32-25-8-6-23(7-9-25)30-17-20-14-21(18-30)16-22(15-20)19-30/h2-13,20-22,31-32H,14-19H2,1H3. The Morgan fingerprint density at radius 3 is 1.97 bits per heavy atom. The number of sulfonamides is 1. The first-order valence-electron chi connectivity index (χ1n) is 13.0. The summed E-state index contributed by atoms with van der Waals surface area (Å²) >= 11 is 0. The molecule has 3 aromatic rings. The van der Waals surface area contributed by atoms with Gasteiger partial charge in [0.2, 0.25) is 0 Å². The highest BCUT2D eigenvalue weighted by molar-refractivity contribution is 7.92. The molecule has 4 bridgehead atoms. The summed E-state index contributed by atoms with van der Waals surface area (Å²) in [5.74, 6) is 2.17. The van der Waals surface area contributed by atoms with E-state index in [0.29, 0.717) is 28.0 Å².